The van der Waals surface area contributed by atoms with Gasteiger partial charge in [-0.15, -0.1) is 0 Å². The summed E-state index contributed by atoms with van der Waals surface area (Å²) in [6.07, 6.45) is 7.01. The molecule has 174 valence electrons. The van der Waals surface area contributed by atoms with Gasteiger partial charge in [0, 0.05) is 29.3 Å². The van der Waals surface area contributed by atoms with E-state index in [1.165, 1.54) is 4.90 Å². The summed E-state index contributed by atoms with van der Waals surface area (Å²) in [5.74, 6) is -1.75. The molecule has 3 aromatic rings. The monoisotopic (exact) mass is 459 g/mol. The molecular weight excluding hydrogens is 430 g/mol. The van der Waals surface area contributed by atoms with E-state index in [1.807, 2.05) is 19.1 Å². The maximum Gasteiger partial charge on any atom is 0.291 e. The number of carbonyl (C=O) groups excluding carboxylic acids is 3. The number of benzene rings is 1. The second-order valence-corrected chi connectivity index (χ2v) is 9.01. The van der Waals surface area contributed by atoms with Gasteiger partial charge >= 0.3 is 0 Å². The number of hydrogen-bond acceptors (Lipinski definition) is 4. The van der Waals surface area contributed by atoms with Gasteiger partial charge in [-0.25, -0.2) is 9.97 Å². The quantitative estimate of drug-likeness (QED) is 0.294. The van der Waals surface area contributed by atoms with Crippen LogP contribution in [0.5, 0.6) is 5.75 Å². The molecule has 2 N–H and O–H groups in total. The minimum Gasteiger partial charge on any atom is -0.493 e. The molecule has 1 aliphatic rings. The van der Waals surface area contributed by atoms with Crippen LogP contribution in [0.1, 0.15) is 46.9 Å². The zero-order valence-electron chi connectivity index (χ0n) is 19.6. The van der Waals surface area contributed by atoms with Crippen LogP contribution in [0.25, 0.3) is 0 Å². The third-order valence-electron chi connectivity index (χ3n) is 5.94. The van der Waals surface area contributed by atoms with E-state index in [1.54, 1.807) is 55.1 Å². The number of Topliss-reactive ketones (excluding diaryl/α,β-unsaturated/α-hetero) is 2. The van der Waals surface area contributed by atoms with Crippen LogP contribution in [0.4, 0.5) is 0 Å². The molecule has 3 heterocycles. The minimum atomic E-state index is -1.12. The number of pyridine rings is 2. The molecule has 0 spiro atoms. The number of nitrogens with zero attached hydrogens (tertiary/aromatic N) is 1. The maximum absolute atomic E-state index is 13.7. The SMILES string of the molecule is Cc1cc(OCC(C)C)ccc1C(=O)C1C(=O)C(=O)N(Cc2ccc[nH+]c2)C1c1cc[nH+]cc1. The number of ketones is 2. The number of aryl methyl sites for hydroxylation is 1. The molecule has 2 unspecified atom stereocenters. The molecule has 4 rings (SSSR count). The largest absolute Gasteiger partial charge is 0.493 e. The molecule has 2 aromatic heterocycles. The molecule has 7 heteroatoms. The highest BCUT2D eigenvalue weighted by molar-refractivity contribution is 6.44. The summed E-state index contributed by atoms with van der Waals surface area (Å²) in [7, 11) is 0. The van der Waals surface area contributed by atoms with E-state index in [0.29, 0.717) is 29.4 Å². The van der Waals surface area contributed by atoms with Crippen LogP contribution in [0, 0.1) is 18.8 Å². The van der Waals surface area contributed by atoms with E-state index in [-0.39, 0.29) is 12.3 Å². The molecule has 0 radical (unpaired) electrons. The number of amides is 1. The van der Waals surface area contributed by atoms with E-state index >= 15 is 0 Å². The van der Waals surface area contributed by atoms with Crippen LogP contribution < -0.4 is 14.7 Å². The Morgan fingerprint density at radius 3 is 2.47 bits per heavy atom. The van der Waals surface area contributed by atoms with Crippen LogP contribution in [-0.4, -0.2) is 29.0 Å². The number of nitrogens with one attached hydrogen (secondary N) is 2. The first-order valence-electron chi connectivity index (χ1n) is 11.4. The predicted molar refractivity (Wildman–Crippen MR) is 124 cm³/mol. The first kappa shape index (κ1) is 23.3. The van der Waals surface area contributed by atoms with E-state index in [4.69, 9.17) is 4.74 Å². The lowest BCUT2D eigenvalue weighted by Gasteiger charge is -2.26. The van der Waals surface area contributed by atoms with Crippen LogP contribution >= 0.6 is 0 Å². The highest BCUT2D eigenvalue weighted by Crippen LogP contribution is 2.39. The van der Waals surface area contributed by atoms with Crippen LogP contribution in [-0.2, 0) is 16.1 Å². The Morgan fingerprint density at radius 1 is 1.06 bits per heavy atom. The summed E-state index contributed by atoms with van der Waals surface area (Å²) < 4.78 is 5.77. The molecule has 1 aliphatic heterocycles. The zero-order chi connectivity index (χ0) is 24.2. The molecule has 1 amide bonds. The Labute approximate surface area is 198 Å². The van der Waals surface area contributed by atoms with Gasteiger partial charge in [-0.1, -0.05) is 13.8 Å². The second kappa shape index (κ2) is 9.95. The van der Waals surface area contributed by atoms with Crippen molar-refractivity contribution in [2.75, 3.05) is 6.61 Å². The van der Waals surface area contributed by atoms with Crippen molar-refractivity contribution in [3.05, 3.63) is 89.5 Å². The normalized spacial score (nSPS) is 17.9. The number of H-pyrrole nitrogens is 2. The summed E-state index contributed by atoms with van der Waals surface area (Å²) in [6, 6.07) is 11.9. The lowest BCUT2D eigenvalue weighted by Crippen LogP contribution is -2.31. The average molecular weight is 460 g/mol. The van der Waals surface area contributed by atoms with Gasteiger partial charge in [-0.3, -0.25) is 14.4 Å². The van der Waals surface area contributed by atoms with E-state index in [0.717, 1.165) is 11.1 Å². The summed E-state index contributed by atoms with van der Waals surface area (Å²) in [5.41, 5.74) is 2.70. The number of likely N-dealkylation sites (tertiary alicyclic amines) is 1. The van der Waals surface area contributed by atoms with Crippen molar-refractivity contribution < 1.29 is 29.1 Å². The number of ether oxygens (including phenoxy) is 1. The zero-order valence-corrected chi connectivity index (χ0v) is 19.6. The Hall–Kier alpha value is -3.87. The molecule has 7 nitrogen and oxygen atoms in total. The van der Waals surface area contributed by atoms with Gasteiger partial charge in [-0.2, -0.15) is 0 Å². The highest BCUT2D eigenvalue weighted by Gasteiger charge is 2.52. The Bertz CT molecular complexity index is 1200. The Balaban J connectivity index is 1.69. The third kappa shape index (κ3) is 4.73. The Morgan fingerprint density at radius 2 is 1.82 bits per heavy atom. The van der Waals surface area contributed by atoms with Gasteiger partial charge in [0.2, 0.25) is 5.78 Å². The first-order chi connectivity index (χ1) is 16.4. The predicted octanol–water partition coefficient (Wildman–Crippen LogP) is 2.81. The maximum atomic E-state index is 13.7. The van der Waals surface area contributed by atoms with Gasteiger partial charge in [-0.05, 0) is 48.2 Å². The van der Waals surface area contributed by atoms with Crippen molar-refractivity contribution in [3.63, 3.8) is 0 Å². The average Bonchev–Trinajstić information content (AvgIpc) is 3.08. The van der Waals surface area contributed by atoms with Gasteiger partial charge in [0.25, 0.3) is 5.91 Å². The van der Waals surface area contributed by atoms with Crippen LogP contribution in [0.2, 0.25) is 0 Å². The fraction of sp³-hybridized carbons (Fsp3) is 0.296. The highest BCUT2D eigenvalue weighted by atomic mass is 16.5. The number of aromatic amines is 2. The number of rotatable bonds is 8. The van der Waals surface area contributed by atoms with Gasteiger partial charge in [0.15, 0.2) is 30.6 Å². The van der Waals surface area contributed by atoms with Crippen molar-refractivity contribution in [1.29, 1.82) is 0 Å². The number of aromatic nitrogens is 2. The molecule has 0 aliphatic carbocycles. The summed E-state index contributed by atoms with van der Waals surface area (Å²) >= 11 is 0. The molecule has 1 saturated heterocycles. The lowest BCUT2D eigenvalue weighted by molar-refractivity contribution is -0.379. The standard InChI is InChI=1S/C27H27N3O4/c1-17(2)16-34-21-6-7-22(18(3)13-21)25(31)23-24(20-8-11-28-12-9-20)30(27(33)26(23)32)15-19-5-4-10-29-14-19/h4-14,17,23-24H,15-16H2,1-3H3/p+2. The van der Waals surface area contributed by atoms with Crippen molar-refractivity contribution in [3.8, 4) is 5.75 Å². The molecule has 2 atom stereocenters. The summed E-state index contributed by atoms with van der Waals surface area (Å²) in [6.45, 7) is 6.74. The van der Waals surface area contributed by atoms with E-state index < -0.39 is 23.7 Å². The van der Waals surface area contributed by atoms with E-state index in [2.05, 4.69) is 23.8 Å². The number of hydrogen-bond donors (Lipinski definition) is 0. The minimum absolute atomic E-state index is 0.218. The van der Waals surface area contributed by atoms with Crippen LogP contribution in [0.15, 0.2) is 67.3 Å². The van der Waals surface area contributed by atoms with Crippen molar-refractivity contribution in [2.24, 2.45) is 11.8 Å². The molecular formula is C27H29N3O4+2. The van der Waals surface area contributed by atoms with Crippen LogP contribution in [0.3, 0.4) is 0 Å². The smallest absolute Gasteiger partial charge is 0.291 e. The van der Waals surface area contributed by atoms with Crippen molar-refractivity contribution >= 4 is 17.5 Å². The molecule has 1 fully saturated rings. The molecule has 1 aromatic carbocycles. The van der Waals surface area contributed by atoms with Crippen molar-refractivity contribution in [1.82, 2.24) is 4.90 Å². The van der Waals surface area contributed by atoms with Gasteiger partial charge in [0.05, 0.1) is 19.2 Å². The van der Waals surface area contributed by atoms with Crippen molar-refractivity contribution in [2.45, 2.75) is 33.4 Å². The van der Waals surface area contributed by atoms with Gasteiger partial charge < -0.3 is 9.64 Å². The second-order valence-electron chi connectivity index (χ2n) is 9.01. The molecule has 34 heavy (non-hydrogen) atoms. The third-order valence-corrected chi connectivity index (χ3v) is 5.94. The summed E-state index contributed by atoms with van der Waals surface area (Å²) in [4.78, 5) is 47.5. The topological polar surface area (TPSA) is 92.0 Å². The summed E-state index contributed by atoms with van der Waals surface area (Å²) in [5, 5.41) is 0. The Kier molecular flexibility index (Phi) is 6.82. The molecule has 0 bridgehead atoms. The fourth-order valence-corrected chi connectivity index (χ4v) is 4.28. The lowest BCUT2D eigenvalue weighted by atomic mass is 9.85. The fourth-order valence-electron chi connectivity index (χ4n) is 4.28. The number of carbonyl (C=O) groups is 3. The van der Waals surface area contributed by atoms with E-state index in [9.17, 15) is 14.4 Å². The molecule has 0 saturated carbocycles. The van der Waals surface area contributed by atoms with Gasteiger partial charge in [0.1, 0.15) is 11.7 Å². The first-order valence-corrected chi connectivity index (χ1v) is 11.4.